The van der Waals surface area contributed by atoms with Gasteiger partial charge in [-0.15, -0.1) is 0 Å². The van der Waals surface area contributed by atoms with Gasteiger partial charge in [-0.05, 0) is 39.2 Å². The second-order valence-electron chi connectivity index (χ2n) is 6.08. The first kappa shape index (κ1) is 17.5. The summed E-state index contributed by atoms with van der Waals surface area (Å²) in [6.45, 7) is 8.76. The van der Waals surface area contributed by atoms with Crippen molar-refractivity contribution in [3.8, 4) is 0 Å². The maximum absolute atomic E-state index is 5.65. The van der Waals surface area contributed by atoms with E-state index < -0.39 is 0 Å². The average molecular weight is 291 g/mol. The zero-order valence-electron chi connectivity index (χ0n) is 13.8. The summed E-state index contributed by atoms with van der Waals surface area (Å²) in [5.41, 5.74) is 1.35. The molecule has 1 aromatic carbocycles. The van der Waals surface area contributed by atoms with E-state index in [0.29, 0.717) is 0 Å². The molecule has 2 N–H and O–H groups in total. The molecule has 4 nitrogen and oxygen atoms in total. The fourth-order valence-electron chi connectivity index (χ4n) is 1.85. The van der Waals surface area contributed by atoms with Crippen molar-refractivity contribution in [3.63, 3.8) is 0 Å². The summed E-state index contributed by atoms with van der Waals surface area (Å²) in [5.74, 6) is 0.840. The second kappa shape index (κ2) is 9.40. The SMILES string of the molecule is CN=C(NCCCOCCc1ccccc1)NC(C)(C)C. The third kappa shape index (κ3) is 9.08. The predicted molar refractivity (Wildman–Crippen MR) is 89.8 cm³/mol. The Kier molecular flexibility index (Phi) is 7.83. The Bertz CT molecular complexity index is 410. The molecule has 0 saturated heterocycles. The third-order valence-electron chi connectivity index (χ3n) is 2.85. The highest BCUT2D eigenvalue weighted by Gasteiger charge is 2.10. The molecule has 118 valence electrons. The summed E-state index contributed by atoms with van der Waals surface area (Å²) in [5, 5.41) is 6.62. The average Bonchev–Trinajstić information content (AvgIpc) is 2.45. The molecule has 21 heavy (non-hydrogen) atoms. The van der Waals surface area contributed by atoms with Crippen molar-refractivity contribution in [1.29, 1.82) is 0 Å². The van der Waals surface area contributed by atoms with Gasteiger partial charge >= 0.3 is 0 Å². The molecule has 0 heterocycles. The highest BCUT2D eigenvalue weighted by molar-refractivity contribution is 5.80. The Morgan fingerprint density at radius 1 is 1.14 bits per heavy atom. The van der Waals surface area contributed by atoms with Gasteiger partial charge in [-0.3, -0.25) is 4.99 Å². The zero-order chi connectivity index (χ0) is 15.6. The lowest BCUT2D eigenvalue weighted by Crippen LogP contribution is -2.47. The van der Waals surface area contributed by atoms with Crippen LogP contribution < -0.4 is 10.6 Å². The van der Waals surface area contributed by atoms with Crippen LogP contribution in [-0.4, -0.2) is 38.3 Å². The molecule has 0 amide bonds. The zero-order valence-corrected chi connectivity index (χ0v) is 13.8. The van der Waals surface area contributed by atoms with Gasteiger partial charge in [-0.1, -0.05) is 30.3 Å². The molecule has 0 aliphatic heterocycles. The fraction of sp³-hybridized carbons (Fsp3) is 0.588. The van der Waals surface area contributed by atoms with Gasteiger partial charge in [0.1, 0.15) is 0 Å². The Morgan fingerprint density at radius 2 is 1.86 bits per heavy atom. The molecule has 0 bridgehead atoms. The number of aliphatic imine (C=N–C) groups is 1. The monoisotopic (exact) mass is 291 g/mol. The first-order valence-electron chi connectivity index (χ1n) is 7.62. The van der Waals surface area contributed by atoms with E-state index in [1.165, 1.54) is 5.56 Å². The number of guanidine groups is 1. The van der Waals surface area contributed by atoms with E-state index in [4.69, 9.17) is 4.74 Å². The minimum Gasteiger partial charge on any atom is -0.381 e. The Hall–Kier alpha value is -1.55. The molecule has 0 atom stereocenters. The number of ether oxygens (including phenoxy) is 1. The first-order chi connectivity index (χ1) is 10.0. The molecule has 0 spiro atoms. The lowest BCUT2D eigenvalue weighted by molar-refractivity contribution is 0.135. The Morgan fingerprint density at radius 3 is 2.48 bits per heavy atom. The maximum atomic E-state index is 5.65. The van der Waals surface area contributed by atoms with Crippen LogP contribution in [0.5, 0.6) is 0 Å². The maximum Gasteiger partial charge on any atom is 0.191 e. The normalized spacial score (nSPS) is 12.3. The van der Waals surface area contributed by atoms with Gasteiger partial charge in [0.2, 0.25) is 0 Å². The van der Waals surface area contributed by atoms with Crippen molar-refractivity contribution in [3.05, 3.63) is 35.9 Å². The van der Waals surface area contributed by atoms with Crippen LogP contribution in [0.4, 0.5) is 0 Å². The smallest absolute Gasteiger partial charge is 0.191 e. The number of benzene rings is 1. The van der Waals surface area contributed by atoms with Crippen molar-refractivity contribution >= 4 is 5.96 Å². The fourth-order valence-corrected chi connectivity index (χ4v) is 1.85. The van der Waals surface area contributed by atoms with Gasteiger partial charge in [0, 0.05) is 25.7 Å². The quantitative estimate of drug-likeness (QED) is 0.461. The minimum absolute atomic E-state index is 0.0219. The molecule has 4 heteroatoms. The van der Waals surface area contributed by atoms with Crippen LogP contribution in [0.25, 0.3) is 0 Å². The van der Waals surface area contributed by atoms with E-state index >= 15 is 0 Å². The minimum atomic E-state index is 0.0219. The van der Waals surface area contributed by atoms with Gasteiger partial charge < -0.3 is 15.4 Å². The molecule has 0 aromatic heterocycles. The van der Waals surface area contributed by atoms with Crippen LogP contribution in [0.2, 0.25) is 0 Å². The van der Waals surface area contributed by atoms with E-state index in [-0.39, 0.29) is 5.54 Å². The molecule has 0 fully saturated rings. The third-order valence-corrected chi connectivity index (χ3v) is 2.85. The van der Waals surface area contributed by atoms with Gasteiger partial charge in [-0.25, -0.2) is 0 Å². The van der Waals surface area contributed by atoms with Crippen molar-refractivity contribution in [2.75, 3.05) is 26.8 Å². The lowest BCUT2D eigenvalue weighted by Gasteiger charge is -2.23. The molecule has 1 rings (SSSR count). The largest absolute Gasteiger partial charge is 0.381 e. The van der Waals surface area contributed by atoms with Gasteiger partial charge in [0.05, 0.1) is 6.61 Å². The molecule has 0 unspecified atom stereocenters. The van der Waals surface area contributed by atoms with Crippen LogP contribution >= 0.6 is 0 Å². The summed E-state index contributed by atoms with van der Waals surface area (Å²) in [7, 11) is 1.79. The highest BCUT2D eigenvalue weighted by atomic mass is 16.5. The standard InChI is InChI=1S/C17H29N3O/c1-17(2,3)20-16(18-4)19-12-8-13-21-14-11-15-9-6-5-7-10-15/h5-7,9-10H,8,11-14H2,1-4H3,(H2,18,19,20). The Balaban J connectivity index is 2.04. The predicted octanol–water partition coefficient (Wildman–Crippen LogP) is 2.60. The number of hydrogen-bond donors (Lipinski definition) is 2. The van der Waals surface area contributed by atoms with E-state index in [1.54, 1.807) is 7.05 Å². The molecule has 0 aliphatic rings. The van der Waals surface area contributed by atoms with Gasteiger partial charge in [0.15, 0.2) is 5.96 Å². The highest BCUT2D eigenvalue weighted by Crippen LogP contribution is 2.00. The number of nitrogens with zero attached hydrogens (tertiary/aromatic N) is 1. The number of hydrogen-bond acceptors (Lipinski definition) is 2. The van der Waals surface area contributed by atoms with E-state index in [1.807, 2.05) is 6.07 Å². The van der Waals surface area contributed by atoms with Crippen LogP contribution in [0, 0.1) is 0 Å². The van der Waals surface area contributed by atoms with Gasteiger partial charge in [0.25, 0.3) is 0 Å². The van der Waals surface area contributed by atoms with Crippen molar-refractivity contribution in [1.82, 2.24) is 10.6 Å². The Labute approximate surface area is 129 Å². The topological polar surface area (TPSA) is 45.7 Å². The summed E-state index contributed by atoms with van der Waals surface area (Å²) in [6.07, 6.45) is 1.95. The summed E-state index contributed by atoms with van der Waals surface area (Å²) >= 11 is 0. The van der Waals surface area contributed by atoms with E-state index in [9.17, 15) is 0 Å². The van der Waals surface area contributed by atoms with Crippen molar-refractivity contribution in [2.24, 2.45) is 4.99 Å². The molecule has 0 saturated carbocycles. The molecule has 0 radical (unpaired) electrons. The molecular weight excluding hydrogens is 262 g/mol. The summed E-state index contributed by atoms with van der Waals surface area (Å²) < 4.78 is 5.65. The van der Waals surface area contributed by atoms with Crippen molar-refractivity contribution < 1.29 is 4.74 Å². The molecule has 1 aromatic rings. The molecular formula is C17H29N3O. The van der Waals surface area contributed by atoms with Crippen molar-refractivity contribution in [2.45, 2.75) is 39.2 Å². The first-order valence-corrected chi connectivity index (χ1v) is 7.62. The van der Waals surface area contributed by atoms with E-state index in [2.05, 4.69) is 60.7 Å². The molecule has 0 aliphatic carbocycles. The van der Waals surface area contributed by atoms with Crippen LogP contribution in [0.3, 0.4) is 0 Å². The van der Waals surface area contributed by atoms with Crippen LogP contribution in [0.1, 0.15) is 32.8 Å². The summed E-state index contributed by atoms with van der Waals surface area (Å²) in [4.78, 5) is 4.20. The number of nitrogens with one attached hydrogen (secondary N) is 2. The van der Waals surface area contributed by atoms with Crippen LogP contribution in [0.15, 0.2) is 35.3 Å². The second-order valence-corrected chi connectivity index (χ2v) is 6.08. The lowest BCUT2D eigenvalue weighted by atomic mass is 10.1. The summed E-state index contributed by atoms with van der Waals surface area (Å²) in [6, 6.07) is 10.4. The van der Waals surface area contributed by atoms with E-state index in [0.717, 1.165) is 38.6 Å². The van der Waals surface area contributed by atoms with Crippen LogP contribution in [-0.2, 0) is 11.2 Å². The number of rotatable bonds is 7. The van der Waals surface area contributed by atoms with Gasteiger partial charge in [-0.2, -0.15) is 0 Å².